The Hall–Kier alpha value is -3.74. The number of benzene rings is 3. The van der Waals surface area contributed by atoms with Crippen LogP contribution in [0.4, 0.5) is 0 Å². The van der Waals surface area contributed by atoms with Gasteiger partial charge in [-0.05, 0) is 60.5 Å². The van der Waals surface area contributed by atoms with Gasteiger partial charge in [-0.1, -0.05) is 23.8 Å². The molecule has 4 N–H and O–H groups in total. The highest BCUT2D eigenvalue weighted by molar-refractivity contribution is 7.90. The van der Waals surface area contributed by atoms with E-state index in [1.54, 1.807) is 30.3 Å². The Labute approximate surface area is 241 Å². The maximum Gasteiger partial charge on any atom is 0.417 e. The van der Waals surface area contributed by atoms with Crippen LogP contribution in [0, 0.1) is 6.92 Å². The summed E-state index contributed by atoms with van der Waals surface area (Å²) in [4.78, 5) is 38.1. The summed E-state index contributed by atoms with van der Waals surface area (Å²) in [5.41, 5.74) is 4.20. The van der Waals surface area contributed by atoms with Crippen LogP contribution in [0.1, 0.15) is 37.4 Å². The molecule has 0 fully saturated rings. The fourth-order valence-electron chi connectivity index (χ4n) is 3.19. The first kappa shape index (κ1) is 31.8. The first-order valence-electron chi connectivity index (χ1n) is 11.6. The smallest absolute Gasteiger partial charge is 0.417 e. The predicted molar refractivity (Wildman–Crippen MR) is 144 cm³/mol. The maximum atomic E-state index is 12.5. The minimum atomic E-state index is -2.13. The molecule has 1 amide bonds. The largest absolute Gasteiger partial charge is 0.478 e. The molecule has 220 valence electrons. The molecule has 14 nitrogen and oxygen atoms in total. The molecule has 1 atom stereocenters. The summed E-state index contributed by atoms with van der Waals surface area (Å²) in [6.07, 6.45) is 0. The number of amides is 1. The summed E-state index contributed by atoms with van der Waals surface area (Å²) in [6.45, 7) is 1.50. The van der Waals surface area contributed by atoms with Gasteiger partial charge in [-0.3, -0.25) is 14.9 Å². The van der Waals surface area contributed by atoms with Gasteiger partial charge < -0.3 is 23.0 Å². The summed E-state index contributed by atoms with van der Waals surface area (Å²) >= 11 is -1.65. The summed E-state index contributed by atoms with van der Waals surface area (Å²) in [6, 6.07) is 15.4. The highest BCUT2D eigenvalue weighted by atomic mass is 32.2. The van der Waals surface area contributed by atoms with Crippen molar-refractivity contribution in [2.24, 2.45) is 0 Å². The van der Waals surface area contributed by atoms with E-state index in [9.17, 15) is 18.9 Å². The van der Waals surface area contributed by atoms with E-state index < -0.39 is 23.2 Å². The zero-order valence-corrected chi connectivity index (χ0v) is 23.3. The zero-order valence-electron chi connectivity index (χ0n) is 21.7. The fraction of sp³-hybridized carbons (Fsp3) is 0.200. The van der Waals surface area contributed by atoms with E-state index in [1.165, 1.54) is 31.4 Å². The summed E-state index contributed by atoms with van der Waals surface area (Å²) in [5, 5.41) is 20.9. The lowest BCUT2D eigenvalue weighted by Gasteiger charge is -2.13. The molecule has 0 radical (unpaired) electrons. The zero-order chi connectivity index (χ0) is 29.6. The average Bonchev–Trinajstić information content (AvgIpc) is 2.95. The Morgan fingerprint density at radius 2 is 1.61 bits per heavy atom. The molecule has 0 bridgehead atoms. The van der Waals surface area contributed by atoms with Crippen molar-refractivity contribution in [3.8, 4) is 17.2 Å². The van der Waals surface area contributed by atoms with Gasteiger partial charge in [0.15, 0.2) is 0 Å². The molecular formula is C25H26N2O12S2. The van der Waals surface area contributed by atoms with Gasteiger partial charge in [-0.25, -0.2) is 14.6 Å². The van der Waals surface area contributed by atoms with E-state index in [0.717, 1.165) is 11.6 Å². The van der Waals surface area contributed by atoms with Crippen LogP contribution >= 0.6 is 12.3 Å². The van der Waals surface area contributed by atoms with Crippen molar-refractivity contribution >= 4 is 35.6 Å². The van der Waals surface area contributed by atoms with E-state index in [1.807, 2.05) is 6.92 Å². The van der Waals surface area contributed by atoms with Crippen LogP contribution in [-0.4, -0.2) is 40.2 Å². The summed E-state index contributed by atoms with van der Waals surface area (Å²) in [5.74, 6) is -1.32. The number of nitrogens with one attached hydrogen (secondary N) is 2. The summed E-state index contributed by atoms with van der Waals surface area (Å²) in [7, 11) is 1.27. The second-order valence-corrected chi connectivity index (χ2v) is 9.08. The van der Waals surface area contributed by atoms with Gasteiger partial charge in [0.2, 0.25) is 0 Å². The fourth-order valence-corrected chi connectivity index (χ4v) is 4.02. The Balaban J connectivity index is 1.50. The van der Waals surface area contributed by atoms with Crippen LogP contribution in [0.3, 0.4) is 0 Å². The molecule has 41 heavy (non-hydrogen) atoms. The molecule has 0 aliphatic heterocycles. The van der Waals surface area contributed by atoms with E-state index >= 15 is 0 Å². The minimum absolute atomic E-state index is 0.0224. The Morgan fingerprint density at radius 1 is 0.902 bits per heavy atom. The maximum absolute atomic E-state index is 12.5. The standard InChI is InChI=1S/C25H26N2O12S2/c1-16-3-6-19(7-4-16)37-41(32)38-21-8-5-17(18(11-21)14-35-31)13-34-27-15-26-24(28)22-10-9-20(36-40-39-33-2)12-23(22)25(29)30/h3-12,27,31H,13-15H2,1-2H3,(H,26,28)(H,29,30). The number of aromatic carboxylic acids is 1. The van der Waals surface area contributed by atoms with Crippen LogP contribution in [0.15, 0.2) is 60.7 Å². The molecule has 3 aromatic rings. The molecule has 0 aliphatic rings. The summed E-state index contributed by atoms with van der Waals surface area (Å²) < 4.78 is 32.4. The number of rotatable bonds is 17. The number of carboxylic acids is 1. The van der Waals surface area contributed by atoms with Gasteiger partial charge in [-0.15, -0.1) is 4.33 Å². The Kier molecular flexibility index (Phi) is 12.8. The Bertz CT molecular complexity index is 1340. The second-order valence-electron chi connectivity index (χ2n) is 7.90. The topological polar surface area (TPSA) is 180 Å². The Morgan fingerprint density at radius 3 is 2.32 bits per heavy atom. The third-order valence-electron chi connectivity index (χ3n) is 5.09. The normalized spacial score (nSPS) is 11.5. The number of hydroxylamine groups is 1. The average molecular weight is 611 g/mol. The number of hydrogen-bond acceptors (Lipinski definition) is 13. The van der Waals surface area contributed by atoms with E-state index in [0.29, 0.717) is 29.2 Å². The van der Waals surface area contributed by atoms with Crippen molar-refractivity contribution in [3.63, 3.8) is 0 Å². The molecule has 1 unspecified atom stereocenters. The highest BCUT2D eigenvalue weighted by Gasteiger charge is 2.18. The third kappa shape index (κ3) is 10.3. The lowest BCUT2D eigenvalue weighted by atomic mass is 10.1. The van der Waals surface area contributed by atoms with Crippen molar-refractivity contribution < 1.29 is 55.7 Å². The van der Waals surface area contributed by atoms with Gasteiger partial charge in [0.1, 0.15) is 23.9 Å². The van der Waals surface area contributed by atoms with Crippen LogP contribution < -0.4 is 23.3 Å². The SMILES string of the molecule is COOSOc1ccc(C(=O)NCNOCc2ccc(OS(=O)Oc3ccc(C)cc3)cc2COO)c(C(=O)O)c1. The molecule has 16 heteroatoms. The molecule has 3 rings (SSSR count). The van der Waals surface area contributed by atoms with Gasteiger partial charge >= 0.3 is 17.3 Å². The van der Waals surface area contributed by atoms with Gasteiger partial charge in [0.05, 0.1) is 31.5 Å². The lowest BCUT2D eigenvalue weighted by molar-refractivity contribution is -0.253. The molecule has 0 aliphatic carbocycles. The van der Waals surface area contributed by atoms with E-state index in [-0.39, 0.29) is 42.5 Å². The number of hydrogen-bond donors (Lipinski definition) is 4. The van der Waals surface area contributed by atoms with Crippen molar-refractivity contribution in [1.82, 2.24) is 10.8 Å². The molecule has 3 aromatic carbocycles. The van der Waals surface area contributed by atoms with Crippen LogP contribution in [-0.2, 0) is 43.5 Å². The molecule has 0 saturated heterocycles. The van der Waals surface area contributed by atoms with Crippen LogP contribution in [0.25, 0.3) is 0 Å². The first-order valence-corrected chi connectivity index (χ1v) is 13.2. The van der Waals surface area contributed by atoms with Crippen LogP contribution in [0.2, 0.25) is 0 Å². The number of carboxylic acid groups (broad SMARTS) is 1. The van der Waals surface area contributed by atoms with Crippen molar-refractivity contribution in [2.75, 3.05) is 13.8 Å². The molecule has 0 saturated carbocycles. The quantitative estimate of drug-likeness (QED) is 0.0572. The first-order chi connectivity index (χ1) is 19.8. The monoisotopic (exact) mass is 610 g/mol. The molecule has 0 aromatic heterocycles. The minimum Gasteiger partial charge on any atom is -0.478 e. The van der Waals surface area contributed by atoms with E-state index in [4.69, 9.17) is 22.6 Å². The molecule has 0 heterocycles. The number of aryl methyl sites for hydroxylation is 1. The second kappa shape index (κ2) is 16.5. The van der Waals surface area contributed by atoms with Crippen LogP contribution in [0.5, 0.6) is 17.2 Å². The molecule has 0 spiro atoms. The highest BCUT2D eigenvalue weighted by Crippen LogP contribution is 2.23. The van der Waals surface area contributed by atoms with Gasteiger partial charge in [0.25, 0.3) is 18.2 Å². The third-order valence-corrected chi connectivity index (χ3v) is 6.20. The lowest BCUT2D eigenvalue weighted by Crippen LogP contribution is -2.34. The molecular weight excluding hydrogens is 584 g/mol. The number of carbonyl (C=O) groups is 2. The van der Waals surface area contributed by atoms with Crippen molar-refractivity contribution in [1.29, 1.82) is 0 Å². The van der Waals surface area contributed by atoms with Gasteiger partial charge in [0, 0.05) is 0 Å². The van der Waals surface area contributed by atoms with Gasteiger partial charge in [-0.2, -0.15) is 9.69 Å². The number of carbonyl (C=O) groups excluding carboxylic acids is 1. The van der Waals surface area contributed by atoms with Crippen molar-refractivity contribution in [3.05, 3.63) is 88.5 Å². The predicted octanol–water partition coefficient (Wildman–Crippen LogP) is 3.65. The van der Waals surface area contributed by atoms with Crippen molar-refractivity contribution in [2.45, 2.75) is 20.1 Å². The van der Waals surface area contributed by atoms with E-state index in [2.05, 4.69) is 24.9 Å².